The fraction of sp³-hybridized carbons (Fsp3) is 0.533. The van der Waals surface area contributed by atoms with Crippen LogP contribution in [0.25, 0.3) is 0 Å². The second-order valence-corrected chi connectivity index (χ2v) is 5.23. The number of likely N-dealkylation sites (tertiary alicyclic amines) is 1. The molecule has 0 aliphatic carbocycles. The summed E-state index contributed by atoms with van der Waals surface area (Å²) in [5.41, 5.74) is 0.729. The third-order valence-electron chi connectivity index (χ3n) is 3.83. The second-order valence-electron chi connectivity index (χ2n) is 5.23. The summed E-state index contributed by atoms with van der Waals surface area (Å²) in [6.45, 7) is 3.19. The van der Waals surface area contributed by atoms with E-state index in [1.165, 1.54) is 0 Å². The zero-order valence-electron chi connectivity index (χ0n) is 12.0. The molecule has 5 heteroatoms. The van der Waals surface area contributed by atoms with Gasteiger partial charge in [0.2, 0.25) is 0 Å². The van der Waals surface area contributed by atoms with Crippen molar-refractivity contribution in [3.63, 3.8) is 0 Å². The minimum Gasteiger partial charge on any atom is -0.497 e. The van der Waals surface area contributed by atoms with E-state index in [-0.39, 0.29) is 12.1 Å². The van der Waals surface area contributed by atoms with E-state index >= 15 is 0 Å². The number of carbonyl (C=O) groups is 1. The highest BCUT2D eigenvalue weighted by molar-refractivity contribution is 5.89. The lowest BCUT2D eigenvalue weighted by Crippen LogP contribution is -2.42. The van der Waals surface area contributed by atoms with Crippen LogP contribution in [0.4, 0.5) is 10.5 Å². The molecule has 2 N–H and O–H groups in total. The molecule has 2 amide bonds. The van der Waals surface area contributed by atoms with Crippen LogP contribution in [0.2, 0.25) is 0 Å². The highest BCUT2D eigenvalue weighted by atomic mass is 16.5. The molecule has 1 fully saturated rings. The van der Waals surface area contributed by atoms with Gasteiger partial charge in [-0.25, -0.2) is 4.79 Å². The number of carbonyl (C=O) groups excluding carboxylic acids is 1. The molecule has 2 rings (SSSR count). The first-order chi connectivity index (χ1) is 9.60. The van der Waals surface area contributed by atoms with Gasteiger partial charge in [-0.15, -0.1) is 0 Å². The lowest BCUT2D eigenvalue weighted by Gasteiger charge is -2.33. The van der Waals surface area contributed by atoms with E-state index < -0.39 is 0 Å². The monoisotopic (exact) mass is 278 g/mol. The predicted molar refractivity (Wildman–Crippen MR) is 78.0 cm³/mol. The molecule has 1 aromatic rings. The highest BCUT2D eigenvalue weighted by Crippen LogP contribution is 2.22. The van der Waals surface area contributed by atoms with E-state index in [1.807, 2.05) is 25.1 Å². The van der Waals surface area contributed by atoms with Crippen LogP contribution in [-0.4, -0.2) is 42.3 Å². The molecule has 0 saturated carbocycles. The van der Waals surface area contributed by atoms with Crippen LogP contribution in [0.5, 0.6) is 5.75 Å². The molecule has 1 saturated heterocycles. The van der Waals surface area contributed by atoms with Crippen molar-refractivity contribution < 1.29 is 14.6 Å². The maximum atomic E-state index is 12.2. The number of piperidine rings is 1. The molecule has 1 aliphatic rings. The van der Waals surface area contributed by atoms with Gasteiger partial charge in [-0.1, -0.05) is 6.07 Å². The molecule has 1 aromatic carbocycles. The summed E-state index contributed by atoms with van der Waals surface area (Å²) in [5.74, 6) is 1.02. The Labute approximate surface area is 119 Å². The number of rotatable bonds is 3. The lowest BCUT2D eigenvalue weighted by atomic mass is 9.92. The Kier molecular flexibility index (Phi) is 4.84. The first kappa shape index (κ1) is 14.7. The van der Waals surface area contributed by atoms with E-state index in [0.29, 0.717) is 19.0 Å². The number of methoxy groups -OCH3 is 1. The Hall–Kier alpha value is -1.75. The van der Waals surface area contributed by atoms with Crippen molar-refractivity contribution in [2.24, 2.45) is 5.92 Å². The number of aliphatic hydroxyl groups excluding tert-OH is 1. The van der Waals surface area contributed by atoms with Gasteiger partial charge in [0.1, 0.15) is 5.75 Å². The van der Waals surface area contributed by atoms with E-state index in [9.17, 15) is 9.90 Å². The zero-order chi connectivity index (χ0) is 14.5. The van der Waals surface area contributed by atoms with Crippen LogP contribution < -0.4 is 10.1 Å². The van der Waals surface area contributed by atoms with E-state index in [1.54, 1.807) is 18.1 Å². The maximum absolute atomic E-state index is 12.2. The Balaban J connectivity index is 1.89. The van der Waals surface area contributed by atoms with Crippen molar-refractivity contribution in [1.82, 2.24) is 4.90 Å². The van der Waals surface area contributed by atoms with Gasteiger partial charge in [0, 0.05) is 24.8 Å². The van der Waals surface area contributed by atoms with Crippen molar-refractivity contribution in [1.29, 1.82) is 0 Å². The van der Waals surface area contributed by atoms with Gasteiger partial charge in [0.25, 0.3) is 0 Å². The third-order valence-corrected chi connectivity index (χ3v) is 3.83. The molecule has 110 valence electrons. The summed E-state index contributed by atoms with van der Waals surface area (Å²) >= 11 is 0. The minimum absolute atomic E-state index is 0.0951. The molecule has 1 heterocycles. The van der Waals surface area contributed by atoms with Gasteiger partial charge in [-0.3, -0.25) is 0 Å². The number of nitrogens with one attached hydrogen (secondary N) is 1. The van der Waals surface area contributed by atoms with Gasteiger partial charge in [0.05, 0.1) is 13.2 Å². The average molecular weight is 278 g/mol. The number of urea groups is 1. The van der Waals surface area contributed by atoms with E-state index in [4.69, 9.17) is 4.74 Å². The van der Waals surface area contributed by atoms with Crippen molar-refractivity contribution >= 4 is 11.7 Å². The summed E-state index contributed by atoms with van der Waals surface area (Å²) in [6, 6.07) is 7.21. The van der Waals surface area contributed by atoms with Crippen molar-refractivity contribution in [2.45, 2.75) is 25.9 Å². The van der Waals surface area contributed by atoms with Crippen LogP contribution in [0, 0.1) is 5.92 Å². The Morgan fingerprint density at radius 1 is 1.45 bits per heavy atom. The summed E-state index contributed by atoms with van der Waals surface area (Å²) in [6.07, 6.45) is 1.41. The van der Waals surface area contributed by atoms with E-state index in [0.717, 1.165) is 24.3 Å². The molecule has 0 spiro atoms. The second kappa shape index (κ2) is 6.61. The van der Waals surface area contributed by atoms with Crippen molar-refractivity contribution in [2.75, 3.05) is 25.5 Å². The molecule has 20 heavy (non-hydrogen) atoms. The summed E-state index contributed by atoms with van der Waals surface area (Å²) in [7, 11) is 1.60. The average Bonchev–Trinajstić information content (AvgIpc) is 2.47. The Morgan fingerprint density at radius 2 is 2.15 bits per heavy atom. The Morgan fingerprint density at radius 3 is 2.75 bits per heavy atom. The van der Waals surface area contributed by atoms with Gasteiger partial charge >= 0.3 is 6.03 Å². The summed E-state index contributed by atoms with van der Waals surface area (Å²) < 4.78 is 5.13. The number of benzene rings is 1. The molecule has 0 aromatic heterocycles. The number of nitrogens with zero attached hydrogens (tertiary/aromatic N) is 1. The third kappa shape index (κ3) is 3.63. The van der Waals surface area contributed by atoms with Gasteiger partial charge < -0.3 is 20.1 Å². The van der Waals surface area contributed by atoms with Crippen LogP contribution in [-0.2, 0) is 0 Å². The minimum atomic E-state index is -0.293. The molecule has 1 unspecified atom stereocenters. The summed E-state index contributed by atoms with van der Waals surface area (Å²) in [4.78, 5) is 13.9. The zero-order valence-corrected chi connectivity index (χ0v) is 12.0. The predicted octanol–water partition coefficient (Wildman–Crippen LogP) is 2.32. The molecule has 5 nitrogen and oxygen atoms in total. The van der Waals surface area contributed by atoms with Gasteiger partial charge in [0.15, 0.2) is 0 Å². The van der Waals surface area contributed by atoms with Crippen LogP contribution in [0.3, 0.4) is 0 Å². The number of anilines is 1. The fourth-order valence-corrected chi connectivity index (χ4v) is 2.49. The molecular weight excluding hydrogens is 256 g/mol. The number of aliphatic hydroxyl groups is 1. The molecule has 1 atom stereocenters. The Bertz CT molecular complexity index is 454. The topological polar surface area (TPSA) is 61.8 Å². The highest BCUT2D eigenvalue weighted by Gasteiger charge is 2.25. The SMILES string of the molecule is COc1cccc(NC(=O)N2CCC(C(C)O)CC2)c1. The lowest BCUT2D eigenvalue weighted by molar-refractivity contribution is 0.0820. The number of hydrogen-bond acceptors (Lipinski definition) is 3. The number of hydrogen-bond donors (Lipinski definition) is 2. The summed E-state index contributed by atoms with van der Waals surface area (Å²) in [5, 5.41) is 12.4. The molecule has 1 aliphatic heterocycles. The number of ether oxygens (including phenoxy) is 1. The van der Waals surface area contributed by atoms with Gasteiger partial charge in [-0.2, -0.15) is 0 Å². The van der Waals surface area contributed by atoms with Crippen LogP contribution in [0.1, 0.15) is 19.8 Å². The van der Waals surface area contributed by atoms with Crippen LogP contribution in [0.15, 0.2) is 24.3 Å². The molecule has 0 radical (unpaired) electrons. The first-order valence-electron chi connectivity index (χ1n) is 6.98. The molecule has 0 bridgehead atoms. The largest absolute Gasteiger partial charge is 0.497 e. The maximum Gasteiger partial charge on any atom is 0.321 e. The van der Waals surface area contributed by atoms with E-state index in [2.05, 4.69) is 5.32 Å². The first-order valence-corrected chi connectivity index (χ1v) is 6.98. The normalized spacial score (nSPS) is 17.6. The standard InChI is InChI=1S/C15H22N2O3/c1-11(18)12-6-8-17(9-7-12)15(19)16-13-4-3-5-14(10-13)20-2/h3-5,10-12,18H,6-9H2,1-2H3,(H,16,19). The fourth-order valence-electron chi connectivity index (χ4n) is 2.49. The van der Waals surface area contributed by atoms with Gasteiger partial charge in [-0.05, 0) is 37.8 Å². The van der Waals surface area contributed by atoms with Crippen molar-refractivity contribution in [3.05, 3.63) is 24.3 Å². The molecular formula is C15H22N2O3. The van der Waals surface area contributed by atoms with Crippen LogP contribution >= 0.6 is 0 Å². The quantitative estimate of drug-likeness (QED) is 0.892. The number of amides is 2. The smallest absolute Gasteiger partial charge is 0.321 e. The van der Waals surface area contributed by atoms with Crippen molar-refractivity contribution in [3.8, 4) is 5.75 Å².